The summed E-state index contributed by atoms with van der Waals surface area (Å²) < 4.78 is 5.23. The molecule has 106 valence electrons. The molecule has 0 spiro atoms. The summed E-state index contributed by atoms with van der Waals surface area (Å²) in [7, 11) is 1.76. The molecule has 4 heteroatoms. The Labute approximate surface area is 116 Å². The van der Waals surface area contributed by atoms with E-state index in [4.69, 9.17) is 4.74 Å². The molecule has 0 bridgehead atoms. The first-order valence-corrected chi connectivity index (χ1v) is 7.21. The third-order valence-electron chi connectivity index (χ3n) is 3.59. The Morgan fingerprint density at radius 1 is 1.53 bits per heavy atom. The zero-order chi connectivity index (χ0) is 13.7. The molecule has 19 heavy (non-hydrogen) atoms. The van der Waals surface area contributed by atoms with Crippen LogP contribution in [0.3, 0.4) is 0 Å². The third kappa shape index (κ3) is 3.67. The van der Waals surface area contributed by atoms with E-state index < -0.39 is 0 Å². The average Bonchev–Trinajstić information content (AvgIpc) is 3.25. The van der Waals surface area contributed by atoms with Gasteiger partial charge in [0.15, 0.2) is 0 Å². The number of hydrogen-bond donors (Lipinski definition) is 1. The predicted molar refractivity (Wildman–Crippen MR) is 78.6 cm³/mol. The van der Waals surface area contributed by atoms with Crippen molar-refractivity contribution < 1.29 is 4.74 Å². The summed E-state index contributed by atoms with van der Waals surface area (Å²) in [5.74, 6) is 1.12. The molecule has 1 aromatic heterocycles. The van der Waals surface area contributed by atoms with Crippen molar-refractivity contribution in [1.29, 1.82) is 0 Å². The lowest BCUT2D eigenvalue weighted by atomic mass is 10.1. The largest absolute Gasteiger partial charge is 0.383 e. The molecule has 4 nitrogen and oxygen atoms in total. The first-order valence-electron chi connectivity index (χ1n) is 7.21. The summed E-state index contributed by atoms with van der Waals surface area (Å²) in [5, 5.41) is 3.47. The fourth-order valence-corrected chi connectivity index (χ4v) is 2.44. The Balaban J connectivity index is 2.20. The van der Waals surface area contributed by atoms with Gasteiger partial charge in [-0.15, -0.1) is 0 Å². The quantitative estimate of drug-likeness (QED) is 0.781. The van der Waals surface area contributed by atoms with E-state index in [1.165, 1.54) is 18.4 Å². The number of ether oxygens (including phenoxy) is 1. The van der Waals surface area contributed by atoms with Gasteiger partial charge in [0.25, 0.3) is 0 Å². The Bertz CT molecular complexity index is 393. The van der Waals surface area contributed by atoms with E-state index in [0.29, 0.717) is 12.1 Å². The van der Waals surface area contributed by atoms with Crippen LogP contribution in [0.1, 0.15) is 38.3 Å². The summed E-state index contributed by atoms with van der Waals surface area (Å²) >= 11 is 0. The molecule has 1 atom stereocenters. The molecule has 1 aliphatic carbocycles. The van der Waals surface area contributed by atoms with Gasteiger partial charge in [0, 0.05) is 37.5 Å². The number of nitrogens with zero attached hydrogens (tertiary/aromatic N) is 2. The number of anilines is 1. The highest BCUT2D eigenvalue weighted by molar-refractivity contribution is 5.50. The maximum absolute atomic E-state index is 5.23. The topological polar surface area (TPSA) is 37.4 Å². The van der Waals surface area contributed by atoms with Crippen LogP contribution in [0, 0.1) is 0 Å². The molecule has 1 aromatic rings. The monoisotopic (exact) mass is 263 g/mol. The van der Waals surface area contributed by atoms with Crippen molar-refractivity contribution in [2.75, 3.05) is 31.7 Å². The summed E-state index contributed by atoms with van der Waals surface area (Å²) in [6, 6.07) is 5.18. The Morgan fingerprint density at radius 3 is 2.95 bits per heavy atom. The second-order valence-electron chi connectivity index (χ2n) is 5.11. The van der Waals surface area contributed by atoms with Crippen LogP contribution in [0.5, 0.6) is 0 Å². The van der Waals surface area contributed by atoms with Gasteiger partial charge in [0.1, 0.15) is 5.82 Å². The molecular weight excluding hydrogens is 238 g/mol. The fourth-order valence-electron chi connectivity index (χ4n) is 2.44. The lowest BCUT2D eigenvalue weighted by Gasteiger charge is -2.27. The van der Waals surface area contributed by atoms with Crippen molar-refractivity contribution in [1.82, 2.24) is 10.3 Å². The highest BCUT2D eigenvalue weighted by Gasteiger charge is 2.31. The maximum Gasteiger partial charge on any atom is 0.133 e. The molecule has 1 fully saturated rings. The number of rotatable bonds is 8. The fraction of sp³-hybridized carbons (Fsp3) is 0.667. The zero-order valence-electron chi connectivity index (χ0n) is 12.2. The number of methoxy groups -OCH3 is 1. The van der Waals surface area contributed by atoms with E-state index in [9.17, 15) is 0 Å². The van der Waals surface area contributed by atoms with Crippen molar-refractivity contribution in [2.24, 2.45) is 0 Å². The van der Waals surface area contributed by atoms with Crippen LogP contribution < -0.4 is 10.2 Å². The number of aromatic nitrogens is 1. The van der Waals surface area contributed by atoms with Crippen molar-refractivity contribution in [3.63, 3.8) is 0 Å². The van der Waals surface area contributed by atoms with Crippen LogP contribution in [0.25, 0.3) is 0 Å². The highest BCUT2D eigenvalue weighted by atomic mass is 16.5. The van der Waals surface area contributed by atoms with E-state index >= 15 is 0 Å². The van der Waals surface area contributed by atoms with Gasteiger partial charge in [0.2, 0.25) is 0 Å². The molecule has 1 N–H and O–H groups in total. The number of hydrogen-bond acceptors (Lipinski definition) is 4. The van der Waals surface area contributed by atoms with Crippen LogP contribution in [-0.4, -0.2) is 37.8 Å². The average molecular weight is 263 g/mol. The van der Waals surface area contributed by atoms with Crippen LogP contribution in [0.2, 0.25) is 0 Å². The second-order valence-corrected chi connectivity index (χ2v) is 5.11. The van der Waals surface area contributed by atoms with Crippen molar-refractivity contribution >= 4 is 5.82 Å². The van der Waals surface area contributed by atoms with Gasteiger partial charge in [-0.05, 0) is 32.4 Å². The molecule has 0 amide bonds. The Morgan fingerprint density at radius 2 is 2.32 bits per heavy atom. The van der Waals surface area contributed by atoms with Crippen LogP contribution in [-0.2, 0) is 4.74 Å². The molecule has 2 rings (SSSR count). The minimum atomic E-state index is 0.331. The zero-order valence-corrected chi connectivity index (χ0v) is 12.2. The SMILES string of the molecule is CCNC(C)c1cccnc1N(CCOC)C1CC1. The number of pyridine rings is 1. The van der Waals surface area contributed by atoms with Gasteiger partial charge < -0.3 is 15.0 Å². The molecule has 1 saturated carbocycles. The van der Waals surface area contributed by atoms with E-state index in [2.05, 4.69) is 35.1 Å². The Hall–Kier alpha value is -1.13. The van der Waals surface area contributed by atoms with E-state index in [1.54, 1.807) is 7.11 Å². The summed E-state index contributed by atoms with van der Waals surface area (Å²) in [6.45, 7) is 6.98. The minimum absolute atomic E-state index is 0.331. The van der Waals surface area contributed by atoms with Gasteiger partial charge in [-0.3, -0.25) is 0 Å². The normalized spacial score (nSPS) is 16.4. The maximum atomic E-state index is 5.23. The summed E-state index contributed by atoms with van der Waals surface area (Å²) in [5.41, 5.74) is 1.28. The van der Waals surface area contributed by atoms with Crippen molar-refractivity contribution in [2.45, 2.75) is 38.8 Å². The first kappa shape index (κ1) is 14.3. The minimum Gasteiger partial charge on any atom is -0.383 e. The summed E-state index contributed by atoms with van der Waals surface area (Å²) in [6.07, 6.45) is 4.43. The molecule has 0 aromatic carbocycles. The van der Waals surface area contributed by atoms with E-state index in [-0.39, 0.29) is 0 Å². The standard InChI is InChI=1S/C15H25N3O/c1-4-16-12(2)14-6-5-9-17-15(14)18(10-11-19-3)13-7-8-13/h5-6,9,12-13,16H,4,7-8,10-11H2,1-3H3. The summed E-state index contributed by atoms with van der Waals surface area (Å²) in [4.78, 5) is 7.04. The van der Waals surface area contributed by atoms with Gasteiger partial charge in [0.05, 0.1) is 6.61 Å². The number of nitrogens with one attached hydrogen (secondary N) is 1. The molecular formula is C15H25N3O. The molecule has 0 saturated heterocycles. The third-order valence-corrected chi connectivity index (χ3v) is 3.59. The molecule has 1 heterocycles. The molecule has 0 aliphatic heterocycles. The first-order chi connectivity index (χ1) is 9.27. The van der Waals surface area contributed by atoms with Gasteiger partial charge >= 0.3 is 0 Å². The molecule has 0 radical (unpaired) electrons. The van der Waals surface area contributed by atoms with Crippen molar-refractivity contribution in [3.8, 4) is 0 Å². The Kier molecular flexibility index (Phi) is 5.16. The second kappa shape index (κ2) is 6.87. The molecule has 1 aliphatic rings. The smallest absolute Gasteiger partial charge is 0.133 e. The molecule has 1 unspecified atom stereocenters. The lowest BCUT2D eigenvalue weighted by molar-refractivity contribution is 0.204. The van der Waals surface area contributed by atoms with Gasteiger partial charge in [-0.2, -0.15) is 0 Å². The van der Waals surface area contributed by atoms with E-state index in [0.717, 1.165) is 25.5 Å². The lowest BCUT2D eigenvalue weighted by Crippen LogP contribution is -2.32. The van der Waals surface area contributed by atoms with Crippen LogP contribution in [0.4, 0.5) is 5.82 Å². The van der Waals surface area contributed by atoms with Crippen LogP contribution in [0.15, 0.2) is 18.3 Å². The predicted octanol–water partition coefficient (Wildman–Crippen LogP) is 2.37. The van der Waals surface area contributed by atoms with Crippen LogP contribution >= 0.6 is 0 Å². The van der Waals surface area contributed by atoms with Crippen molar-refractivity contribution in [3.05, 3.63) is 23.9 Å². The van der Waals surface area contributed by atoms with E-state index in [1.807, 2.05) is 12.3 Å². The van der Waals surface area contributed by atoms with Gasteiger partial charge in [-0.1, -0.05) is 13.0 Å². The highest BCUT2D eigenvalue weighted by Crippen LogP contribution is 2.33. The van der Waals surface area contributed by atoms with Gasteiger partial charge in [-0.25, -0.2) is 4.98 Å².